The molecular formula is C25H32F2N4O3. The summed E-state index contributed by atoms with van der Waals surface area (Å²) in [6.07, 6.45) is -0.187. The Morgan fingerprint density at radius 1 is 1.21 bits per heavy atom. The van der Waals surface area contributed by atoms with Gasteiger partial charge < -0.3 is 20.1 Å². The third kappa shape index (κ3) is 5.04. The van der Waals surface area contributed by atoms with Crippen molar-refractivity contribution in [2.24, 2.45) is 12.4 Å². The Labute approximate surface area is 202 Å². The van der Waals surface area contributed by atoms with Gasteiger partial charge in [-0.1, -0.05) is 26.8 Å². The van der Waals surface area contributed by atoms with Crippen LogP contribution >= 0.6 is 0 Å². The zero-order valence-electron chi connectivity index (χ0n) is 23.0. The molecule has 0 radical (unpaired) electrons. The van der Waals surface area contributed by atoms with Crippen LogP contribution in [-0.2, 0) is 29.4 Å². The van der Waals surface area contributed by atoms with Gasteiger partial charge in [-0.05, 0) is 37.1 Å². The van der Waals surface area contributed by atoms with Gasteiger partial charge in [0.15, 0.2) is 0 Å². The van der Waals surface area contributed by atoms with Crippen molar-refractivity contribution in [3.63, 3.8) is 0 Å². The predicted octanol–water partition coefficient (Wildman–Crippen LogP) is 2.28. The van der Waals surface area contributed by atoms with E-state index >= 15 is 0 Å². The third-order valence-corrected chi connectivity index (χ3v) is 6.11. The van der Waals surface area contributed by atoms with Gasteiger partial charge in [0.05, 0.1) is 11.7 Å². The summed E-state index contributed by atoms with van der Waals surface area (Å²) in [4.78, 5) is 41.0. The molecule has 184 valence electrons. The minimum absolute atomic E-state index is 0.00676. The molecule has 0 saturated carbocycles. The van der Waals surface area contributed by atoms with Gasteiger partial charge >= 0.3 is 0 Å². The highest BCUT2D eigenvalue weighted by Crippen LogP contribution is 2.31. The third-order valence-electron chi connectivity index (χ3n) is 6.11. The highest BCUT2D eigenvalue weighted by Gasteiger charge is 2.39. The summed E-state index contributed by atoms with van der Waals surface area (Å²) in [7, 11) is 1.62. The second-order valence-electron chi connectivity index (χ2n) is 9.61. The van der Waals surface area contributed by atoms with Crippen molar-refractivity contribution in [1.29, 1.82) is 0 Å². The van der Waals surface area contributed by atoms with Gasteiger partial charge in [0.2, 0.25) is 11.8 Å². The fourth-order valence-electron chi connectivity index (χ4n) is 3.93. The maximum absolute atomic E-state index is 14.4. The predicted molar refractivity (Wildman–Crippen MR) is 127 cm³/mol. The zero-order chi connectivity index (χ0) is 27.9. The average molecular weight is 478 g/mol. The second kappa shape index (κ2) is 9.66. The normalized spacial score (nSPS) is 16.8. The summed E-state index contributed by atoms with van der Waals surface area (Å²) < 4.78 is 52.3. The fraction of sp³-hybridized carbons (Fsp3) is 0.480. The molecule has 34 heavy (non-hydrogen) atoms. The summed E-state index contributed by atoms with van der Waals surface area (Å²) in [5.74, 6) is -2.50. The molecule has 7 nitrogen and oxygen atoms in total. The number of likely N-dealkylation sites (N-methyl/N-ethyl adjacent to an activating group) is 1. The van der Waals surface area contributed by atoms with Crippen LogP contribution in [-0.4, -0.2) is 42.1 Å². The summed E-state index contributed by atoms with van der Waals surface area (Å²) >= 11 is 0. The number of fused-ring (bicyclic) bond motifs is 1. The number of hydrogen-bond donors (Lipinski definition) is 2. The molecule has 0 bridgehead atoms. The summed E-state index contributed by atoms with van der Waals surface area (Å²) in [6, 6.07) is 2.81. The van der Waals surface area contributed by atoms with Crippen molar-refractivity contribution in [3.8, 4) is 0 Å². The summed E-state index contributed by atoms with van der Waals surface area (Å²) in [6.45, 7) is 4.29. The molecule has 0 unspecified atom stereocenters. The lowest BCUT2D eigenvalue weighted by atomic mass is 9.85. The van der Waals surface area contributed by atoms with Crippen molar-refractivity contribution in [3.05, 3.63) is 63.1 Å². The molecule has 9 heteroatoms. The molecule has 1 aromatic heterocycles. The largest absolute Gasteiger partial charge is 0.342 e. The number of nitrogens with one attached hydrogen (secondary N) is 2. The van der Waals surface area contributed by atoms with E-state index in [1.807, 2.05) is 0 Å². The van der Waals surface area contributed by atoms with Gasteiger partial charge in [0.1, 0.15) is 17.7 Å². The standard InChI is InChI=1S/C25H32F2N4O3/c1-14(28-5)22(32)29-21(25(2,3)4)24(34)31-10-9-19-20(31)12-16(23(33)30(19)6)11-15-7-8-17(26)13-18(15)27/h7-8,12-14,21,28H,9-11H2,1-6H3,(H,29,32)/t14-,21+/m0/s1/i6D3. The van der Waals surface area contributed by atoms with E-state index < -0.39 is 47.6 Å². The maximum atomic E-state index is 14.4. The number of amides is 2. The number of halogens is 2. The van der Waals surface area contributed by atoms with E-state index in [-0.39, 0.29) is 47.8 Å². The first kappa shape index (κ1) is 21.5. The van der Waals surface area contributed by atoms with Crippen molar-refractivity contribution < 1.29 is 22.5 Å². The maximum Gasteiger partial charge on any atom is 0.254 e. The SMILES string of the molecule is [2H]C([2H])([2H])n1c2c(cc(Cc3ccc(F)cc3F)c1=O)N(C(=O)[C@@H](NC(=O)[C@H](C)NC)C(C)(C)C)CC2. The molecule has 0 spiro atoms. The van der Waals surface area contributed by atoms with Crippen LogP contribution in [0.15, 0.2) is 29.1 Å². The number of anilines is 1. The molecule has 0 fully saturated rings. The van der Waals surface area contributed by atoms with E-state index in [2.05, 4.69) is 10.6 Å². The molecule has 0 saturated heterocycles. The Hall–Kier alpha value is -3.07. The number of nitrogens with zero attached hydrogens (tertiary/aromatic N) is 2. The molecule has 1 aliphatic rings. The van der Waals surface area contributed by atoms with Gasteiger partial charge in [-0.25, -0.2) is 8.78 Å². The lowest BCUT2D eigenvalue weighted by Crippen LogP contribution is -2.57. The number of hydrogen-bond acceptors (Lipinski definition) is 4. The zero-order valence-corrected chi connectivity index (χ0v) is 20.0. The molecule has 1 aromatic carbocycles. The number of pyridine rings is 1. The average Bonchev–Trinajstić information content (AvgIpc) is 3.19. The Kier molecular flexibility index (Phi) is 6.10. The molecule has 3 rings (SSSR count). The van der Waals surface area contributed by atoms with Crippen LogP contribution in [0.2, 0.25) is 0 Å². The van der Waals surface area contributed by atoms with Gasteiger partial charge in [-0.3, -0.25) is 14.4 Å². The number of rotatable bonds is 6. The van der Waals surface area contributed by atoms with E-state index in [9.17, 15) is 23.2 Å². The minimum atomic E-state index is -2.85. The van der Waals surface area contributed by atoms with Crippen LogP contribution in [0.4, 0.5) is 14.5 Å². The van der Waals surface area contributed by atoms with Gasteiger partial charge in [0, 0.05) is 47.8 Å². The first-order valence-electron chi connectivity index (χ1n) is 12.6. The molecule has 1 aliphatic heterocycles. The van der Waals surface area contributed by atoms with E-state index in [1.165, 1.54) is 17.0 Å². The van der Waals surface area contributed by atoms with Crippen LogP contribution in [0.25, 0.3) is 0 Å². The van der Waals surface area contributed by atoms with Crippen LogP contribution in [0.5, 0.6) is 0 Å². The quantitative estimate of drug-likeness (QED) is 0.669. The van der Waals surface area contributed by atoms with Crippen molar-refractivity contribution in [2.75, 3.05) is 18.5 Å². The molecule has 2 atom stereocenters. The number of aromatic nitrogens is 1. The van der Waals surface area contributed by atoms with Crippen molar-refractivity contribution in [1.82, 2.24) is 15.2 Å². The van der Waals surface area contributed by atoms with Crippen molar-refractivity contribution >= 4 is 17.5 Å². The van der Waals surface area contributed by atoms with Crippen molar-refractivity contribution in [2.45, 2.75) is 52.6 Å². The van der Waals surface area contributed by atoms with Gasteiger partial charge in [-0.2, -0.15) is 0 Å². The molecule has 2 amide bonds. The van der Waals surface area contributed by atoms with E-state index in [4.69, 9.17) is 4.11 Å². The highest BCUT2D eigenvalue weighted by atomic mass is 19.1. The molecule has 0 aliphatic carbocycles. The summed E-state index contributed by atoms with van der Waals surface area (Å²) in [5, 5.41) is 5.60. The first-order chi connectivity index (χ1) is 17.1. The van der Waals surface area contributed by atoms with Gasteiger partial charge in [-0.15, -0.1) is 0 Å². The lowest BCUT2D eigenvalue weighted by molar-refractivity contribution is -0.130. The smallest absolute Gasteiger partial charge is 0.254 e. The Bertz CT molecular complexity index is 1270. The highest BCUT2D eigenvalue weighted by molar-refractivity contribution is 6.01. The first-order valence-corrected chi connectivity index (χ1v) is 11.1. The van der Waals surface area contributed by atoms with Crippen LogP contribution in [0.3, 0.4) is 0 Å². The van der Waals surface area contributed by atoms with E-state index in [0.717, 1.165) is 6.07 Å². The minimum Gasteiger partial charge on any atom is -0.342 e. The number of carbonyl (C=O) groups excluding carboxylic acids is 2. The molecule has 2 N–H and O–H groups in total. The fourth-order valence-corrected chi connectivity index (χ4v) is 3.93. The molecular weight excluding hydrogens is 442 g/mol. The van der Waals surface area contributed by atoms with Crippen LogP contribution in [0.1, 0.15) is 48.6 Å². The Balaban J connectivity index is 2.11. The van der Waals surface area contributed by atoms with Crippen LogP contribution < -0.4 is 21.1 Å². The summed E-state index contributed by atoms with van der Waals surface area (Å²) in [5.41, 5.74) is -1.21. The second-order valence-corrected chi connectivity index (χ2v) is 9.61. The Morgan fingerprint density at radius 2 is 1.91 bits per heavy atom. The monoisotopic (exact) mass is 477 g/mol. The van der Waals surface area contributed by atoms with Crippen LogP contribution in [0, 0.1) is 17.0 Å². The molecule has 2 aromatic rings. The number of benzene rings is 1. The Morgan fingerprint density at radius 3 is 2.50 bits per heavy atom. The van der Waals surface area contributed by atoms with E-state index in [1.54, 1.807) is 34.7 Å². The van der Waals surface area contributed by atoms with E-state index in [0.29, 0.717) is 10.6 Å². The number of carbonyl (C=O) groups is 2. The topological polar surface area (TPSA) is 83.4 Å². The lowest BCUT2D eigenvalue weighted by Gasteiger charge is -2.34. The molecule has 2 heterocycles. The van der Waals surface area contributed by atoms with Gasteiger partial charge in [0.25, 0.3) is 5.56 Å².